The molecule has 0 saturated heterocycles. The van der Waals surface area contributed by atoms with Crippen LogP contribution in [0.1, 0.15) is 41.9 Å². The number of ether oxygens (including phenoxy) is 1. The van der Waals surface area contributed by atoms with Crippen LogP contribution >= 0.6 is 0 Å². The van der Waals surface area contributed by atoms with Gasteiger partial charge in [-0.2, -0.15) is 0 Å². The Labute approximate surface area is 97.8 Å². The fourth-order valence-corrected chi connectivity index (χ4v) is 1.51. The maximum absolute atomic E-state index is 12.3. The largest absolute Gasteiger partial charge is 0.369 e. The molecule has 0 radical (unpaired) electrons. The summed E-state index contributed by atoms with van der Waals surface area (Å²) in [5.41, 5.74) is 0.500. The lowest BCUT2D eigenvalue weighted by Gasteiger charge is -2.12. The van der Waals surface area contributed by atoms with Crippen LogP contribution in [0, 0.1) is 0 Å². The number of nitrogens with zero attached hydrogens (tertiary/aromatic N) is 1. The number of alkyl halides is 2. The predicted octanol–water partition coefficient (Wildman–Crippen LogP) is 2.77. The summed E-state index contributed by atoms with van der Waals surface area (Å²) in [4.78, 5) is 15.2. The van der Waals surface area contributed by atoms with Crippen LogP contribution in [0.5, 0.6) is 0 Å². The van der Waals surface area contributed by atoms with Gasteiger partial charge in [-0.15, -0.1) is 0 Å². The van der Waals surface area contributed by atoms with E-state index in [1.54, 1.807) is 6.92 Å². The minimum absolute atomic E-state index is 0.0174. The van der Waals surface area contributed by atoms with Crippen LogP contribution in [0.2, 0.25) is 0 Å². The minimum Gasteiger partial charge on any atom is -0.369 e. The molecule has 0 aliphatic heterocycles. The van der Waals surface area contributed by atoms with E-state index in [0.29, 0.717) is 5.69 Å². The normalized spacial score (nSPS) is 17.2. The molecule has 17 heavy (non-hydrogen) atoms. The van der Waals surface area contributed by atoms with Gasteiger partial charge in [0.25, 0.3) is 0 Å². The number of pyridine rings is 1. The van der Waals surface area contributed by atoms with Crippen LogP contribution in [0.25, 0.3) is 0 Å². The molecule has 0 amide bonds. The van der Waals surface area contributed by atoms with Crippen LogP contribution in [-0.4, -0.2) is 23.3 Å². The molecule has 1 unspecified atom stereocenters. The second-order valence-corrected chi connectivity index (χ2v) is 4.11. The Balaban J connectivity index is 2.12. The molecule has 92 valence electrons. The van der Waals surface area contributed by atoms with E-state index in [9.17, 15) is 13.6 Å². The fourth-order valence-electron chi connectivity index (χ4n) is 1.51. The minimum atomic E-state index is -2.98. The van der Waals surface area contributed by atoms with E-state index in [1.807, 2.05) is 0 Å². The third-order valence-electron chi connectivity index (χ3n) is 2.60. The van der Waals surface area contributed by atoms with Crippen LogP contribution in [-0.2, 0) is 4.74 Å². The van der Waals surface area contributed by atoms with Crippen LogP contribution in [0.3, 0.4) is 0 Å². The molecule has 1 aliphatic carbocycles. The Bertz CT molecular complexity index is 419. The number of hydrogen-bond donors (Lipinski definition) is 0. The van der Waals surface area contributed by atoms with Crippen LogP contribution in [0.15, 0.2) is 18.3 Å². The third kappa shape index (κ3) is 3.06. The number of rotatable bonds is 5. The molecule has 0 bridgehead atoms. The summed E-state index contributed by atoms with van der Waals surface area (Å²) in [5, 5.41) is 0. The molecule has 1 heterocycles. The van der Waals surface area contributed by atoms with Crippen molar-refractivity contribution in [3.05, 3.63) is 29.6 Å². The molecular weight excluding hydrogens is 228 g/mol. The molecule has 1 aliphatic rings. The average molecular weight is 241 g/mol. The lowest BCUT2D eigenvalue weighted by molar-refractivity contribution is 0.0489. The summed E-state index contributed by atoms with van der Waals surface area (Å²) in [7, 11) is 0. The van der Waals surface area contributed by atoms with Gasteiger partial charge in [0.2, 0.25) is 5.78 Å². The molecular formula is C12H13F2NO2. The zero-order valence-corrected chi connectivity index (χ0v) is 9.40. The number of hydrogen-bond acceptors (Lipinski definition) is 3. The van der Waals surface area contributed by atoms with Gasteiger partial charge < -0.3 is 4.74 Å². The summed E-state index contributed by atoms with van der Waals surface area (Å²) in [6.45, 7) is 1.80. The molecule has 1 fully saturated rings. The molecule has 1 saturated carbocycles. The molecule has 1 atom stereocenters. The summed E-state index contributed by atoms with van der Waals surface area (Å²) in [5.74, 6) is -1.17. The Kier molecular flexibility index (Phi) is 3.47. The van der Waals surface area contributed by atoms with Crippen molar-refractivity contribution >= 4 is 5.78 Å². The second-order valence-electron chi connectivity index (χ2n) is 4.11. The van der Waals surface area contributed by atoms with Gasteiger partial charge in [-0.05, 0) is 31.9 Å². The molecule has 0 N–H and O–H groups in total. The topological polar surface area (TPSA) is 39.2 Å². The lowest BCUT2D eigenvalue weighted by atomic mass is 10.1. The maximum Gasteiger partial charge on any atom is 0.300 e. The van der Waals surface area contributed by atoms with Gasteiger partial charge in [-0.3, -0.25) is 9.78 Å². The fraction of sp³-hybridized carbons (Fsp3) is 0.500. The average Bonchev–Trinajstić information content (AvgIpc) is 3.12. The Morgan fingerprint density at radius 1 is 1.53 bits per heavy atom. The Morgan fingerprint density at radius 2 is 2.24 bits per heavy atom. The van der Waals surface area contributed by atoms with Crippen molar-refractivity contribution in [3.8, 4) is 0 Å². The molecule has 5 heteroatoms. The number of Topliss-reactive ketones (excluding diaryl/α,β-unsaturated/α-hetero) is 1. The van der Waals surface area contributed by atoms with Gasteiger partial charge in [-0.1, -0.05) is 0 Å². The number of carbonyl (C=O) groups is 1. The highest BCUT2D eigenvalue weighted by Gasteiger charge is 2.26. The maximum atomic E-state index is 12.3. The number of carbonyl (C=O) groups excluding carboxylic acids is 1. The Morgan fingerprint density at radius 3 is 2.82 bits per heavy atom. The second kappa shape index (κ2) is 4.87. The van der Waals surface area contributed by atoms with Crippen LogP contribution in [0.4, 0.5) is 8.78 Å². The molecule has 1 aromatic heterocycles. The first-order chi connectivity index (χ1) is 8.08. The first kappa shape index (κ1) is 12.1. The predicted molar refractivity (Wildman–Crippen MR) is 57.1 cm³/mol. The number of halogens is 2. The number of ketones is 1. The van der Waals surface area contributed by atoms with Crippen molar-refractivity contribution in [1.29, 1.82) is 0 Å². The van der Waals surface area contributed by atoms with Gasteiger partial charge >= 0.3 is 6.43 Å². The van der Waals surface area contributed by atoms with Crippen LogP contribution < -0.4 is 0 Å². The summed E-state index contributed by atoms with van der Waals surface area (Å²) >= 11 is 0. The van der Waals surface area contributed by atoms with E-state index in [-0.39, 0.29) is 17.8 Å². The highest BCUT2D eigenvalue weighted by atomic mass is 19.3. The van der Waals surface area contributed by atoms with Crippen molar-refractivity contribution in [1.82, 2.24) is 4.98 Å². The molecule has 2 rings (SSSR count). The highest BCUT2D eigenvalue weighted by molar-refractivity contribution is 5.98. The first-order valence-electron chi connectivity index (χ1n) is 5.51. The quantitative estimate of drug-likeness (QED) is 0.744. The van der Waals surface area contributed by atoms with Crippen molar-refractivity contribution < 1.29 is 18.3 Å². The van der Waals surface area contributed by atoms with Crippen molar-refractivity contribution in [2.45, 2.75) is 38.4 Å². The van der Waals surface area contributed by atoms with E-state index in [0.717, 1.165) is 12.8 Å². The Hall–Kier alpha value is -1.36. The van der Waals surface area contributed by atoms with Crippen molar-refractivity contribution in [2.75, 3.05) is 0 Å². The van der Waals surface area contributed by atoms with E-state index in [4.69, 9.17) is 4.74 Å². The zero-order chi connectivity index (χ0) is 12.4. The van der Waals surface area contributed by atoms with E-state index in [2.05, 4.69) is 4.98 Å². The van der Waals surface area contributed by atoms with Gasteiger partial charge in [0.15, 0.2) is 0 Å². The lowest BCUT2D eigenvalue weighted by Crippen LogP contribution is -2.12. The SMILES string of the molecule is CC(OC1CC1)c1cc(C(=O)C(F)F)ccn1. The van der Waals surface area contributed by atoms with E-state index < -0.39 is 12.2 Å². The first-order valence-corrected chi connectivity index (χ1v) is 5.51. The zero-order valence-electron chi connectivity index (χ0n) is 9.40. The molecule has 0 aromatic carbocycles. The van der Waals surface area contributed by atoms with Crippen molar-refractivity contribution in [3.63, 3.8) is 0 Å². The molecule has 3 nitrogen and oxygen atoms in total. The van der Waals surface area contributed by atoms with Gasteiger partial charge in [-0.25, -0.2) is 8.78 Å². The highest BCUT2D eigenvalue weighted by Crippen LogP contribution is 2.30. The summed E-state index contributed by atoms with van der Waals surface area (Å²) in [6.07, 6.45) is 0.414. The molecule has 0 spiro atoms. The van der Waals surface area contributed by atoms with E-state index in [1.165, 1.54) is 18.3 Å². The standard InChI is InChI=1S/C12H13F2NO2/c1-7(17-9-2-3-9)10-6-8(4-5-15-10)11(16)12(13)14/h4-7,9,12H,2-3H2,1H3. The van der Waals surface area contributed by atoms with Crippen molar-refractivity contribution in [2.24, 2.45) is 0 Å². The summed E-state index contributed by atoms with van der Waals surface area (Å²) < 4.78 is 30.1. The van der Waals surface area contributed by atoms with Gasteiger partial charge in [0, 0.05) is 11.8 Å². The van der Waals surface area contributed by atoms with Gasteiger partial charge in [0.05, 0.1) is 17.9 Å². The molecule has 1 aromatic rings. The monoisotopic (exact) mass is 241 g/mol. The smallest absolute Gasteiger partial charge is 0.300 e. The van der Waals surface area contributed by atoms with Gasteiger partial charge in [0.1, 0.15) is 0 Å². The number of aromatic nitrogens is 1. The summed E-state index contributed by atoms with van der Waals surface area (Å²) in [6, 6.07) is 2.67. The third-order valence-corrected chi connectivity index (χ3v) is 2.60. The van der Waals surface area contributed by atoms with E-state index >= 15 is 0 Å².